The summed E-state index contributed by atoms with van der Waals surface area (Å²) in [4.78, 5) is 25.2. The van der Waals surface area contributed by atoms with Crippen molar-refractivity contribution in [2.24, 2.45) is 0 Å². The van der Waals surface area contributed by atoms with E-state index in [0.29, 0.717) is 22.2 Å². The Bertz CT molecular complexity index is 1110. The lowest BCUT2D eigenvalue weighted by molar-refractivity contribution is -0.141. The van der Waals surface area contributed by atoms with Gasteiger partial charge in [0.2, 0.25) is 0 Å². The molecule has 3 aromatic rings. The predicted molar refractivity (Wildman–Crippen MR) is 115 cm³/mol. The molecule has 1 aromatic heterocycles. The van der Waals surface area contributed by atoms with Crippen molar-refractivity contribution in [3.05, 3.63) is 83.6 Å². The summed E-state index contributed by atoms with van der Waals surface area (Å²) in [5.41, 5.74) is 2.74. The Morgan fingerprint density at radius 3 is 2.60 bits per heavy atom. The van der Waals surface area contributed by atoms with Crippen LogP contribution in [0.2, 0.25) is 0 Å². The Morgan fingerprint density at radius 1 is 1.10 bits per heavy atom. The number of aromatic hydroxyl groups is 1. The molecule has 6 heteroatoms. The van der Waals surface area contributed by atoms with E-state index in [0.717, 1.165) is 5.56 Å². The van der Waals surface area contributed by atoms with Crippen LogP contribution in [0.15, 0.2) is 66.8 Å². The number of aliphatic hydroxyl groups excluding tert-OH is 1. The summed E-state index contributed by atoms with van der Waals surface area (Å²) in [7, 11) is 0. The highest BCUT2D eigenvalue weighted by molar-refractivity contribution is 6.03. The highest BCUT2D eigenvalue weighted by atomic mass is 16.5. The number of esters is 1. The number of aromatic nitrogens is 1. The van der Waals surface area contributed by atoms with Crippen LogP contribution in [0.3, 0.4) is 0 Å². The summed E-state index contributed by atoms with van der Waals surface area (Å²) in [6, 6.07) is 14.2. The minimum absolute atomic E-state index is 0.0402. The largest absolute Gasteiger partial charge is 0.508 e. The van der Waals surface area contributed by atoms with Crippen molar-refractivity contribution in [3.63, 3.8) is 0 Å². The predicted octanol–water partition coefficient (Wildman–Crippen LogP) is 3.64. The van der Waals surface area contributed by atoms with Crippen molar-refractivity contribution in [2.75, 3.05) is 13.2 Å². The van der Waals surface area contributed by atoms with Gasteiger partial charge in [0.1, 0.15) is 12.4 Å². The standard InChI is InChI=1S/C24H23NO5/c1-17-20(16-24(29)30-14-6-5-13-26)21-15-19(27)10-11-22(21)25(17)23(28)12-9-18-7-3-2-4-8-18/h2-12,15,26-27H,13-14,16H2,1H3/b6-5+,12-9+. The van der Waals surface area contributed by atoms with Crippen molar-refractivity contribution < 1.29 is 24.5 Å². The lowest BCUT2D eigenvalue weighted by Gasteiger charge is -2.05. The molecule has 30 heavy (non-hydrogen) atoms. The molecule has 0 fully saturated rings. The zero-order valence-corrected chi connectivity index (χ0v) is 16.6. The first kappa shape index (κ1) is 21.1. The molecule has 0 unspecified atom stereocenters. The third-order valence-corrected chi connectivity index (χ3v) is 4.69. The molecule has 154 valence electrons. The van der Waals surface area contributed by atoms with E-state index in [9.17, 15) is 14.7 Å². The van der Waals surface area contributed by atoms with Crippen LogP contribution in [0.1, 0.15) is 21.6 Å². The molecule has 1 heterocycles. The van der Waals surface area contributed by atoms with Crippen molar-refractivity contribution >= 4 is 28.9 Å². The van der Waals surface area contributed by atoms with Gasteiger partial charge in [0.25, 0.3) is 5.91 Å². The SMILES string of the molecule is Cc1c(CC(=O)OC/C=C/CO)c2cc(O)ccc2n1C(=O)/C=C/c1ccccc1. The third-order valence-electron chi connectivity index (χ3n) is 4.69. The Morgan fingerprint density at radius 2 is 1.87 bits per heavy atom. The summed E-state index contributed by atoms with van der Waals surface area (Å²) in [5, 5.41) is 19.3. The molecule has 0 aliphatic heterocycles. The van der Waals surface area contributed by atoms with Crippen LogP contribution < -0.4 is 0 Å². The van der Waals surface area contributed by atoms with E-state index in [1.54, 1.807) is 31.2 Å². The van der Waals surface area contributed by atoms with Gasteiger partial charge in [-0.2, -0.15) is 0 Å². The van der Waals surface area contributed by atoms with Gasteiger partial charge in [-0.3, -0.25) is 14.2 Å². The molecule has 2 aromatic carbocycles. The number of phenolic OH excluding ortho intramolecular Hbond substituents is 1. The summed E-state index contributed by atoms with van der Waals surface area (Å²) in [5.74, 6) is -0.666. The van der Waals surface area contributed by atoms with Gasteiger partial charge in [0.05, 0.1) is 18.5 Å². The minimum atomic E-state index is -0.463. The molecule has 6 nitrogen and oxygen atoms in total. The van der Waals surface area contributed by atoms with E-state index in [4.69, 9.17) is 9.84 Å². The van der Waals surface area contributed by atoms with Crippen molar-refractivity contribution in [2.45, 2.75) is 13.3 Å². The second-order valence-electron chi connectivity index (χ2n) is 6.70. The zero-order chi connectivity index (χ0) is 21.5. The average molecular weight is 405 g/mol. The topological polar surface area (TPSA) is 88.8 Å². The normalized spacial score (nSPS) is 11.5. The molecule has 0 aliphatic carbocycles. The first-order valence-electron chi connectivity index (χ1n) is 9.53. The summed E-state index contributed by atoms with van der Waals surface area (Å²) in [6.45, 7) is 1.70. The Labute approximate surface area is 174 Å². The number of hydrogen-bond acceptors (Lipinski definition) is 5. The van der Waals surface area contributed by atoms with Crippen LogP contribution in [0, 0.1) is 6.92 Å². The number of fused-ring (bicyclic) bond motifs is 1. The van der Waals surface area contributed by atoms with E-state index in [2.05, 4.69) is 0 Å². The van der Waals surface area contributed by atoms with Crippen LogP contribution >= 0.6 is 0 Å². The van der Waals surface area contributed by atoms with E-state index in [-0.39, 0.29) is 31.3 Å². The average Bonchev–Trinajstić information content (AvgIpc) is 3.01. The molecule has 0 atom stereocenters. The third kappa shape index (κ3) is 4.85. The quantitative estimate of drug-likeness (QED) is 0.356. The lowest BCUT2D eigenvalue weighted by atomic mass is 10.1. The molecule has 0 radical (unpaired) electrons. The fourth-order valence-electron chi connectivity index (χ4n) is 3.26. The van der Waals surface area contributed by atoms with E-state index >= 15 is 0 Å². The summed E-state index contributed by atoms with van der Waals surface area (Å²) < 4.78 is 6.68. The van der Waals surface area contributed by atoms with Gasteiger partial charge < -0.3 is 14.9 Å². The highest BCUT2D eigenvalue weighted by Gasteiger charge is 2.20. The molecule has 0 aliphatic rings. The van der Waals surface area contributed by atoms with Crippen LogP contribution in [0.5, 0.6) is 5.75 Å². The Kier molecular flexibility index (Phi) is 6.83. The van der Waals surface area contributed by atoms with E-state index in [1.165, 1.54) is 22.8 Å². The number of rotatable bonds is 7. The highest BCUT2D eigenvalue weighted by Crippen LogP contribution is 2.30. The molecular formula is C24H23NO5. The second kappa shape index (κ2) is 9.71. The number of nitrogens with zero attached hydrogens (tertiary/aromatic N) is 1. The van der Waals surface area contributed by atoms with E-state index in [1.807, 2.05) is 30.3 Å². The fraction of sp³-hybridized carbons (Fsp3) is 0.167. The van der Waals surface area contributed by atoms with Crippen LogP contribution in [0.4, 0.5) is 0 Å². The van der Waals surface area contributed by atoms with Gasteiger partial charge in [-0.15, -0.1) is 0 Å². The zero-order valence-electron chi connectivity index (χ0n) is 16.6. The number of benzene rings is 2. The van der Waals surface area contributed by atoms with Crippen LogP contribution in [-0.4, -0.2) is 39.9 Å². The lowest BCUT2D eigenvalue weighted by Crippen LogP contribution is -2.12. The van der Waals surface area contributed by atoms with Crippen molar-refractivity contribution in [3.8, 4) is 5.75 Å². The van der Waals surface area contributed by atoms with Gasteiger partial charge in [-0.1, -0.05) is 36.4 Å². The summed E-state index contributed by atoms with van der Waals surface area (Å²) in [6.07, 6.45) is 6.21. The van der Waals surface area contributed by atoms with Gasteiger partial charge in [-0.05, 0) is 48.4 Å². The minimum Gasteiger partial charge on any atom is -0.508 e. The van der Waals surface area contributed by atoms with Gasteiger partial charge in [0, 0.05) is 17.2 Å². The fourth-order valence-corrected chi connectivity index (χ4v) is 3.26. The Hall–Kier alpha value is -3.64. The van der Waals surface area contributed by atoms with E-state index < -0.39 is 5.97 Å². The molecule has 0 saturated heterocycles. The van der Waals surface area contributed by atoms with Crippen molar-refractivity contribution in [1.29, 1.82) is 0 Å². The summed E-state index contributed by atoms with van der Waals surface area (Å²) >= 11 is 0. The molecule has 3 rings (SSSR count). The van der Waals surface area contributed by atoms with Crippen molar-refractivity contribution in [1.82, 2.24) is 4.57 Å². The number of ether oxygens (including phenoxy) is 1. The second-order valence-corrected chi connectivity index (χ2v) is 6.70. The number of phenols is 1. The smallest absolute Gasteiger partial charge is 0.310 e. The molecule has 0 bridgehead atoms. The first-order chi connectivity index (χ1) is 14.5. The maximum Gasteiger partial charge on any atom is 0.310 e. The molecule has 2 N–H and O–H groups in total. The van der Waals surface area contributed by atoms with Crippen LogP contribution in [0.25, 0.3) is 17.0 Å². The molecule has 0 amide bonds. The number of hydrogen-bond donors (Lipinski definition) is 2. The number of carbonyl (C=O) groups is 2. The first-order valence-corrected chi connectivity index (χ1v) is 9.53. The molecule has 0 saturated carbocycles. The van der Waals surface area contributed by atoms with Gasteiger partial charge in [-0.25, -0.2) is 0 Å². The number of allylic oxidation sites excluding steroid dienone is 1. The van der Waals surface area contributed by atoms with Gasteiger partial charge >= 0.3 is 5.97 Å². The molecular weight excluding hydrogens is 382 g/mol. The maximum atomic E-state index is 12.9. The monoisotopic (exact) mass is 405 g/mol. The Balaban J connectivity index is 1.92. The van der Waals surface area contributed by atoms with Crippen LogP contribution in [-0.2, 0) is 16.0 Å². The van der Waals surface area contributed by atoms with Gasteiger partial charge in [0.15, 0.2) is 0 Å². The maximum absolute atomic E-state index is 12.9. The number of carbonyl (C=O) groups excluding carboxylic acids is 2. The number of aliphatic hydroxyl groups is 1. The molecule has 0 spiro atoms.